The van der Waals surface area contributed by atoms with Gasteiger partial charge in [0.1, 0.15) is 0 Å². The molecule has 0 bridgehead atoms. The molecular formula is C25H26N6OS. The fourth-order valence-electron chi connectivity index (χ4n) is 5.35. The second-order valence-corrected chi connectivity index (χ2v) is 10.3. The fourth-order valence-corrected chi connectivity index (χ4v) is 6.50. The standard InChI is InChI=1S/C25H26N6OS/c1-2-20(19-4-5-27-21(19)3-1)24-28-22-10-18(15-30-13-16-11-26-12-17(16)14-30)33-23(22)25(29-24)31-6-8-32-9-7-31/h1-5,10-11,17,26-27H,6-9,12-15H2. The van der Waals surface area contributed by atoms with Crippen molar-refractivity contribution in [2.75, 3.05) is 50.8 Å². The van der Waals surface area contributed by atoms with E-state index in [1.165, 1.54) is 9.58 Å². The molecule has 33 heavy (non-hydrogen) atoms. The van der Waals surface area contributed by atoms with Gasteiger partial charge in [0, 0.05) is 72.7 Å². The highest BCUT2D eigenvalue weighted by Gasteiger charge is 2.30. The van der Waals surface area contributed by atoms with Crippen LogP contribution in [0.1, 0.15) is 4.88 Å². The number of aromatic nitrogens is 3. The molecule has 7 rings (SSSR count). The largest absolute Gasteiger partial charge is 0.390 e. The van der Waals surface area contributed by atoms with Crippen molar-refractivity contribution in [3.63, 3.8) is 0 Å². The van der Waals surface area contributed by atoms with E-state index in [9.17, 15) is 0 Å². The van der Waals surface area contributed by atoms with Gasteiger partial charge in [0.2, 0.25) is 0 Å². The van der Waals surface area contributed by atoms with Crippen LogP contribution in [0.5, 0.6) is 0 Å². The van der Waals surface area contributed by atoms with Crippen molar-refractivity contribution in [3.05, 3.63) is 53.2 Å². The Balaban J connectivity index is 1.31. The molecule has 168 valence electrons. The molecular weight excluding hydrogens is 432 g/mol. The number of hydrogen-bond acceptors (Lipinski definition) is 7. The summed E-state index contributed by atoms with van der Waals surface area (Å²) < 4.78 is 6.81. The van der Waals surface area contributed by atoms with Gasteiger partial charge in [0.05, 0.1) is 23.4 Å². The molecule has 3 aliphatic rings. The van der Waals surface area contributed by atoms with Crippen LogP contribution in [0.2, 0.25) is 0 Å². The van der Waals surface area contributed by atoms with Crippen LogP contribution >= 0.6 is 11.3 Å². The van der Waals surface area contributed by atoms with Crippen molar-refractivity contribution in [3.8, 4) is 11.4 Å². The summed E-state index contributed by atoms with van der Waals surface area (Å²) in [5.74, 6) is 2.52. The fraction of sp³-hybridized carbons (Fsp3) is 0.360. The predicted octanol–water partition coefficient (Wildman–Crippen LogP) is 3.60. The predicted molar refractivity (Wildman–Crippen MR) is 133 cm³/mol. The Morgan fingerprint density at radius 2 is 2.09 bits per heavy atom. The summed E-state index contributed by atoms with van der Waals surface area (Å²) in [6, 6.07) is 10.7. The van der Waals surface area contributed by atoms with Gasteiger partial charge in [-0.15, -0.1) is 11.3 Å². The molecule has 8 heteroatoms. The molecule has 3 aromatic heterocycles. The maximum Gasteiger partial charge on any atom is 0.162 e. The van der Waals surface area contributed by atoms with Crippen LogP contribution in [0.4, 0.5) is 5.82 Å². The molecule has 2 saturated heterocycles. The smallest absolute Gasteiger partial charge is 0.162 e. The first-order chi connectivity index (χ1) is 16.3. The normalized spacial score (nSPS) is 21.0. The quantitative estimate of drug-likeness (QED) is 0.487. The third-order valence-corrected chi connectivity index (χ3v) is 8.10. The van der Waals surface area contributed by atoms with Crippen LogP contribution in [0.25, 0.3) is 32.5 Å². The number of fused-ring (bicyclic) bond motifs is 3. The molecule has 7 nitrogen and oxygen atoms in total. The number of hydrogen-bond donors (Lipinski definition) is 2. The Morgan fingerprint density at radius 1 is 1.15 bits per heavy atom. The number of morpholine rings is 1. The van der Waals surface area contributed by atoms with Crippen LogP contribution in [-0.2, 0) is 11.3 Å². The zero-order valence-electron chi connectivity index (χ0n) is 18.4. The van der Waals surface area contributed by atoms with E-state index in [1.807, 2.05) is 17.5 Å². The van der Waals surface area contributed by atoms with Gasteiger partial charge < -0.3 is 19.9 Å². The topological polar surface area (TPSA) is 69.3 Å². The number of anilines is 1. The van der Waals surface area contributed by atoms with Gasteiger partial charge in [-0.25, -0.2) is 9.97 Å². The van der Waals surface area contributed by atoms with E-state index in [-0.39, 0.29) is 0 Å². The number of ether oxygens (including phenoxy) is 1. The molecule has 1 aromatic carbocycles. The van der Waals surface area contributed by atoms with Gasteiger partial charge in [-0.2, -0.15) is 0 Å². The molecule has 0 aliphatic carbocycles. The summed E-state index contributed by atoms with van der Waals surface area (Å²) in [7, 11) is 0. The van der Waals surface area contributed by atoms with Gasteiger partial charge in [-0.3, -0.25) is 4.90 Å². The highest BCUT2D eigenvalue weighted by Crippen LogP contribution is 2.37. The van der Waals surface area contributed by atoms with Gasteiger partial charge >= 0.3 is 0 Å². The lowest BCUT2D eigenvalue weighted by molar-refractivity contribution is 0.122. The van der Waals surface area contributed by atoms with E-state index in [4.69, 9.17) is 14.7 Å². The summed E-state index contributed by atoms with van der Waals surface area (Å²) in [5, 5.41) is 4.54. The van der Waals surface area contributed by atoms with E-state index < -0.39 is 0 Å². The first kappa shape index (κ1) is 19.5. The summed E-state index contributed by atoms with van der Waals surface area (Å²) in [4.78, 5) is 19.8. The zero-order chi connectivity index (χ0) is 21.8. The van der Waals surface area contributed by atoms with Crippen molar-refractivity contribution in [2.45, 2.75) is 6.54 Å². The molecule has 2 N–H and O–H groups in total. The first-order valence-electron chi connectivity index (χ1n) is 11.7. The minimum absolute atomic E-state index is 0.677. The summed E-state index contributed by atoms with van der Waals surface area (Å²) in [5.41, 5.74) is 4.78. The van der Waals surface area contributed by atoms with Crippen molar-refractivity contribution >= 4 is 38.3 Å². The number of nitrogens with one attached hydrogen (secondary N) is 2. The number of H-pyrrole nitrogens is 1. The average molecular weight is 459 g/mol. The van der Waals surface area contributed by atoms with Crippen molar-refractivity contribution in [1.29, 1.82) is 0 Å². The lowest BCUT2D eigenvalue weighted by atomic mass is 10.1. The van der Waals surface area contributed by atoms with Crippen molar-refractivity contribution in [2.24, 2.45) is 5.92 Å². The Labute approximate surface area is 196 Å². The number of nitrogens with zero attached hydrogens (tertiary/aromatic N) is 4. The van der Waals surface area contributed by atoms with Crippen LogP contribution < -0.4 is 10.2 Å². The van der Waals surface area contributed by atoms with E-state index >= 15 is 0 Å². The molecule has 2 fully saturated rings. The van der Waals surface area contributed by atoms with Crippen molar-refractivity contribution in [1.82, 2.24) is 25.2 Å². The van der Waals surface area contributed by atoms with Gasteiger partial charge in [0.15, 0.2) is 11.6 Å². The summed E-state index contributed by atoms with van der Waals surface area (Å²) in [6.45, 7) is 7.46. The molecule has 1 atom stereocenters. The third-order valence-electron chi connectivity index (χ3n) is 6.99. The highest BCUT2D eigenvalue weighted by atomic mass is 32.1. The second-order valence-electron chi connectivity index (χ2n) is 9.14. The molecule has 0 radical (unpaired) electrons. The number of benzene rings is 1. The van der Waals surface area contributed by atoms with Crippen molar-refractivity contribution < 1.29 is 4.74 Å². The minimum atomic E-state index is 0.677. The van der Waals surface area contributed by atoms with E-state index in [0.29, 0.717) is 5.92 Å². The second kappa shape index (κ2) is 7.83. The van der Waals surface area contributed by atoms with Gasteiger partial charge in [-0.05, 0) is 30.0 Å². The number of aromatic amines is 1. The molecule has 4 aromatic rings. The summed E-state index contributed by atoms with van der Waals surface area (Å²) in [6.07, 6.45) is 4.19. The highest BCUT2D eigenvalue weighted by molar-refractivity contribution is 7.19. The maximum absolute atomic E-state index is 5.62. The molecule has 3 aliphatic heterocycles. The Bertz CT molecular complexity index is 1370. The number of rotatable bonds is 4. The molecule has 1 unspecified atom stereocenters. The maximum atomic E-state index is 5.62. The summed E-state index contributed by atoms with van der Waals surface area (Å²) >= 11 is 1.85. The third kappa shape index (κ3) is 3.40. The zero-order valence-corrected chi connectivity index (χ0v) is 19.2. The van der Waals surface area contributed by atoms with Crippen LogP contribution in [0, 0.1) is 5.92 Å². The van der Waals surface area contributed by atoms with Crippen LogP contribution in [-0.4, -0.2) is 65.8 Å². The van der Waals surface area contributed by atoms with Crippen LogP contribution in [0.3, 0.4) is 0 Å². The van der Waals surface area contributed by atoms with E-state index in [0.717, 1.165) is 86.1 Å². The Morgan fingerprint density at radius 3 is 3.00 bits per heavy atom. The molecule has 0 spiro atoms. The molecule has 0 amide bonds. The lowest BCUT2D eigenvalue weighted by Gasteiger charge is -2.28. The number of likely N-dealkylation sites (tertiary alicyclic amines) is 1. The van der Waals surface area contributed by atoms with Gasteiger partial charge in [0.25, 0.3) is 0 Å². The Hall–Kier alpha value is -2.94. The van der Waals surface area contributed by atoms with Crippen LogP contribution in [0.15, 0.2) is 48.3 Å². The van der Waals surface area contributed by atoms with E-state index in [2.05, 4.69) is 56.6 Å². The SMILES string of the molecule is C1=C2CN(Cc3cc4nc(-c5cccc6[nH]ccc56)nc(N5CCOCC5)c4s3)CC2CN1. The monoisotopic (exact) mass is 458 g/mol. The first-order valence-corrected chi connectivity index (χ1v) is 12.5. The Kier molecular flexibility index (Phi) is 4.63. The molecule has 0 saturated carbocycles. The number of thiophene rings is 1. The van der Waals surface area contributed by atoms with Gasteiger partial charge in [-0.1, -0.05) is 12.1 Å². The van der Waals surface area contributed by atoms with E-state index in [1.54, 1.807) is 5.57 Å². The minimum Gasteiger partial charge on any atom is -0.390 e. The lowest BCUT2D eigenvalue weighted by Crippen LogP contribution is -2.36. The molecule has 6 heterocycles. The average Bonchev–Trinajstić information content (AvgIpc) is 3.62.